The van der Waals surface area contributed by atoms with Gasteiger partial charge in [-0.05, 0) is 61.4 Å². The number of ether oxygens (including phenoxy) is 2. The Morgan fingerprint density at radius 3 is 2.59 bits per heavy atom. The summed E-state index contributed by atoms with van der Waals surface area (Å²) in [5, 5.41) is 3.32. The van der Waals surface area contributed by atoms with Crippen molar-refractivity contribution in [3.8, 4) is 11.5 Å². The molecule has 6 nitrogen and oxygen atoms in total. The molecule has 170 valence electrons. The van der Waals surface area contributed by atoms with Crippen molar-refractivity contribution in [1.29, 1.82) is 0 Å². The predicted octanol–water partition coefficient (Wildman–Crippen LogP) is 4.28. The van der Waals surface area contributed by atoms with Gasteiger partial charge in [-0.2, -0.15) is 0 Å². The van der Waals surface area contributed by atoms with Gasteiger partial charge in [0, 0.05) is 32.2 Å². The summed E-state index contributed by atoms with van der Waals surface area (Å²) in [6.07, 6.45) is 4.02. The molecule has 32 heavy (non-hydrogen) atoms. The lowest BCUT2D eigenvalue weighted by molar-refractivity contribution is 0.164. The molecular formula is C26H33N3O3. The average molecular weight is 436 g/mol. The van der Waals surface area contributed by atoms with Gasteiger partial charge in [-0.1, -0.05) is 30.3 Å². The van der Waals surface area contributed by atoms with E-state index in [1.807, 2.05) is 11.0 Å². The molecule has 3 heterocycles. The largest absolute Gasteiger partial charge is 0.486 e. The van der Waals surface area contributed by atoms with Crippen LogP contribution in [0.1, 0.15) is 48.4 Å². The molecule has 2 amide bonds. The number of aryl methyl sites for hydroxylation is 1. The van der Waals surface area contributed by atoms with E-state index in [4.69, 9.17) is 9.47 Å². The maximum Gasteiger partial charge on any atom is 0.318 e. The Hall–Kier alpha value is -2.73. The first-order chi connectivity index (χ1) is 15.7. The van der Waals surface area contributed by atoms with Gasteiger partial charge in [-0.15, -0.1) is 0 Å². The summed E-state index contributed by atoms with van der Waals surface area (Å²) in [7, 11) is 0. The lowest BCUT2D eigenvalue weighted by Gasteiger charge is -2.34. The third kappa shape index (κ3) is 4.56. The number of fused-ring (bicyclic) bond motifs is 1. The zero-order valence-electron chi connectivity index (χ0n) is 18.9. The highest BCUT2D eigenvalue weighted by Crippen LogP contribution is 2.38. The van der Waals surface area contributed by atoms with Crippen molar-refractivity contribution in [2.75, 3.05) is 32.8 Å². The van der Waals surface area contributed by atoms with Crippen LogP contribution < -0.4 is 14.8 Å². The third-order valence-electron chi connectivity index (χ3n) is 7.04. The molecule has 1 unspecified atom stereocenters. The van der Waals surface area contributed by atoms with Crippen LogP contribution in [-0.2, 0) is 6.54 Å². The quantitative estimate of drug-likeness (QED) is 0.779. The van der Waals surface area contributed by atoms with Crippen LogP contribution in [0, 0.1) is 6.92 Å². The number of amides is 2. The number of nitrogens with zero attached hydrogens (tertiary/aromatic N) is 2. The van der Waals surface area contributed by atoms with E-state index in [1.54, 1.807) is 0 Å². The lowest BCUT2D eigenvalue weighted by atomic mass is 10.0. The maximum absolute atomic E-state index is 13.1. The number of benzene rings is 2. The Kier molecular flexibility index (Phi) is 6.21. The number of piperidine rings is 1. The highest BCUT2D eigenvalue weighted by molar-refractivity contribution is 5.75. The molecule has 5 rings (SSSR count). The predicted molar refractivity (Wildman–Crippen MR) is 124 cm³/mol. The van der Waals surface area contributed by atoms with Crippen LogP contribution in [0.15, 0.2) is 42.5 Å². The Labute approximate surface area is 190 Å². The summed E-state index contributed by atoms with van der Waals surface area (Å²) in [5.41, 5.74) is 3.88. The number of nitrogens with one attached hydrogen (secondary N) is 1. The van der Waals surface area contributed by atoms with E-state index in [0.717, 1.165) is 68.9 Å². The lowest BCUT2D eigenvalue weighted by Crippen LogP contribution is -2.48. The fourth-order valence-electron chi connectivity index (χ4n) is 5.14. The second-order valence-electron chi connectivity index (χ2n) is 9.18. The highest BCUT2D eigenvalue weighted by Gasteiger charge is 2.32. The average Bonchev–Trinajstić information content (AvgIpc) is 3.32. The van der Waals surface area contributed by atoms with Crippen molar-refractivity contribution in [3.05, 3.63) is 59.2 Å². The van der Waals surface area contributed by atoms with Crippen LogP contribution in [0.2, 0.25) is 0 Å². The van der Waals surface area contributed by atoms with E-state index in [1.165, 1.54) is 11.1 Å². The summed E-state index contributed by atoms with van der Waals surface area (Å²) >= 11 is 0. The second kappa shape index (κ2) is 9.41. The number of likely N-dealkylation sites (tertiary alicyclic amines) is 2. The van der Waals surface area contributed by atoms with Crippen LogP contribution >= 0.6 is 0 Å². The first kappa shape index (κ1) is 21.1. The fraction of sp³-hybridized carbons (Fsp3) is 0.500. The monoisotopic (exact) mass is 435 g/mol. The molecule has 2 fully saturated rings. The minimum absolute atomic E-state index is 0.0692. The van der Waals surface area contributed by atoms with E-state index in [0.29, 0.717) is 13.2 Å². The van der Waals surface area contributed by atoms with Crippen molar-refractivity contribution in [1.82, 2.24) is 15.1 Å². The molecule has 6 heteroatoms. The molecule has 0 radical (unpaired) electrons. The molecule has 2 saturated heterocycles. The van der Waals surface area contributed by atoms with Gasteiger partial charge in [-0.3, -0.25) is 4.90 Å². The molecule has 0 bridgehead atoms. The summed E-state index contributed by atoms with van der Waals surface area (Å²) in [4.78, 5) is 17.7. The minimum Gasteiger partial charge on any atom is -0.486 e. The van der Waals surface area contributed by atoms with Crippen LogP contribution in [0.3, 0.4) is 0 Å². The Balaban J connectivity index is 1.16. The molecule has 0 spiro atoms. The fourth-order valence-corrected chi connectivity index (χ4v) is 5.14. The molecule has 0 aliphatic carbocycles. The van der Waals surface area contributed by atoms with Gasteiger partial charge in [-0.25, -0.2) is 4.79 Å². The number of carbonyl (C=O) groups excluding carboxylic acids is 1. The smallest absolute Gasteiger partial charge is 0.318 e. The molecule has 1 N–H and O–H groups in total. The number of hydrogen-bond donors (Lipinski definition) is 1. The molecule has 0 aromatic heterocycles. The summed E-state index contributed by atoms with van der Waals surface area (Å²) in [5.74, 6) is 1.59. The topological polar surface area (TPSA) is 54.0 Å². The second-order valence-corrected chi connectivity index (χ2v) is 9.18. The van der Waals surface area contributed by atoms with Crippen LogP contribution in [0.4, 0.5) is 4.79 Å². The van der Waals surface area contributed by atoms with Crippen molar-refractivity contribution >= 4 is 6.03 Å². The Bertz CT molecular complexity index is 955. The Morgan fingerprint density at radius 2 is 1.78 bits per heavy atom. The van der Waals surface area contributed by atoms with E-state index >= 15 is 0 Å². The number of hydrogen-bond acceptors (Lipinski definition) is 4. The number of rotatable bonds is 4. The minimum atomic E-state index is 0.0692. The van der Waals surface area contributed by atoms with Gasteiger partial charge >= 0.3 is 6.03 Å². The van der Waals surface area contributed by atoms with Crippen LogP contribution in [0.5, 0.6) is 11.5 Å². The first-order valence-electron chi connectivity index (χ1n) is 11.9. The van der Waals surface area contributed by atoms with Gasteiger partial charge in [0.2, 0.25) is 0 Å². The third-order valence-corrected chi connectivity index (χ3v) is 7.04. The van der Waals surface area contributed by atoms with Crippen molar-refractivity contribution < 1.29 is 14.3 Å². The SMILES string of the molecule is Cc1ccccc1CN1CCC(NC(=O)N2CCCC2c2ccc3c(c2)OCCO3)CC1. The van der Waals surface area contributed by atoms with Gasteiger partial charge in [0.05, 0.1) is 6.04 Å². The molecule has 2 aromatic carbocycles. The normalized spacial score (nSPS) is 21.5. The molecular weight excluding hydrogens is 402 g/mol. The summed E-state index contributed by atoms with van der Waals surface area (Å²) < 4.78 is 11.4. The maximum atomic E-state index is 13.1. The van der Waals surface area contributed by atoms with Gasteiger partial charge < -0.3 is 19.7 Å². The van der Waals surface area contributed by atoms with Crippen molar-refractivity contribution in [3.63, 3.8) is 0 Å². The van der Waals surface area contributed by atoms with Crippen LogP contribution in [0.25, 0.3) is 0 Å². The summed E-state index contributed by atoms with van der Waals surface area (Å²) in [6, 6.07) is 15.1. The molecule has 2 aromatic rings. The van der Waals surface area contributed by atoms with Crippen molar-refractivity contribution in [2.24, 2.45) is 0 Å². The molecule has 3 aliphatic heterocycles. The standard InChI is InChI=1S/C26H33N3O3/c1-19-5-2-3-6-21(19)18-28-13-10-22(11-14-28)27-26(30)29-12-4-7-23(29)20-8-9-24-25(17-20)32-16-15-31-24/h2-3,5-6,8-9,17,22-23H,4,7,10-16,18H2,1H3,(H,27,30). The van der Waals surface area contributed by atoms with Gasteiger partial charge in [0.1, 0.15) is 13.2 Å². The number of urea groups is 1. The highest BCUT2D eigenvalue weighted by atomic mass is 16.6. The molecule has 1 atom stereocenters. The van der Waals surface area contributed by atoms with Crippen molar-refractivity contribution in [2.45, 2.75) is 51.2 Å². The zero-order chi connectivity index (χ0) is 21.9. The molecule has 3 aliphatic rings. The van der Waals surface area contributed by atoms with E-state index < -0.39 is 0 Å². The first-order valence-corrected chi connectivity index (χ1v) is 11.9. The Morgan fingerprint density at radius 1 is 1.00 bits per heavy atom. The van der Waals surface area contributed by atoms with Crippen LogP contribution in [-0.4, -0.2) is 54.7 Å². The van der Waals surface area contributed by atoms with E-state index in [2.05, 4.69) is 53.5 Å². The van der Waals surface area contributed by atoms with E-state index in [-0.39, 0.29) is 18.1 Å². The zero-order valence-corrected chi connectivity index (χ0v) is 18.9. The molecule has 0 saturated carbocycles. The van der Waals surface area contributed by atoms with Gasteiger partial charge in [0.25, 0.3) is 0 Å². The van der Waals surface area contributed by atoms with Gasteiger partial charge in [0.15, 0.2) is 11.5 Å². The number of carbonyl (C=O) groups is 1. The summed E-state index contributed by atoms with van der Waals surface area (Å²) in [6.45, 7) is 7.18. The van der Waals surface area contributed by atoms with E-state index in [9.17, 15) is 4.79 Å².